The molecule has 0 unspecified atom stereocenters. The number of para-hydroxylation sites is 1. The predicted octanol–water partition coefficient (Wildman–Crippen LogP) is 10.1. The Hall–Kier alpha value is -1.20. The van der Waals surface area contributed by atoms with Crippen LogP contribution in [-0.4, -0.2) is 39.1 Å². The Bertz CT molecular complexity index is 1250. The van der Waals surface area contributed by atoms with Gasteiger partial charge >= 0.3 is 29.2 Å². The Kier molecular flexibility index (Phi) is 14.6. The van der Waals surface area contributed by atoms with Gasteiger partial charge in [0, 0.05) is 34.2 Å². The number of halogens is 2. The van der Waals surface area contributed by atoms with Crippen molar-refractivity contribution in [3.63, 3.8) is 0 Å². The summed E-state index contributed by atoms with van der Waals surface area (Å²) >= 11 is 1.97. The van der Waals surface area contributed by atoms with Gasteiger partial charge < -0.3 is 14.5 Å². The van der Waals surface area contributed by atoms with Crippen LogP contribution in [0.5, 0.6) is 5.75 Å². The van der Waals surface area contributed by atoms with Crippen molar-refractivity contribution < 1.29 is 28.6 Å². The third-order valence-corrected chi connectivity index (χ3v) is 13.6. The molecule has 2 aliphatic carbocycles. The van der Waals surface area contributed by atoms with Crippen LogP contribution in [0.2, 0.25) is 0 Å². The number of hydrogen-bond acceptors (Lipinski definition) is 4. The van der Waals surface area contributed by atoms with Crippen LogP contribution in [0.4, 0.5) is 20.9 Å². The van der Waals surface area contributed by atoms with Gasteiger partial charge in [-0.05, 0) is 81.7 Å². The zero-order valence-electron chi connectivity index (χ0n) is 25.7. The zero-order valence-corrected chi connectivity index (χ0v) is 30.4. The van der Waals surface area contributed by atoms with E-state index in [1.165, 1.54) is 81.1 Å². The molecule has 0 spiro atoms. The van der Waals surface area contributed by atoms with E-state index in [2.05, 4.69) is 69.5 Å². The summed E-state index contributed by atoms with van der Waals surface area (Å²) in [5.74, 6) is 0.567. The Labute approximate surface area is 281 Å². The van der Waals surface area contributed by atoms with E-state index in [1.54, 1.807) is 32.4 Å². The van der Waals surface area contributed by atoms with E-state index in [9.17, 15) is 3.89 Å². The molecule has 0 atom stereocenters. The van der Waals surface area contributed by atoms with E-state index in [-0.39, 0.29) is 12.1 Å². The van der Waals surface area contributed by atoms with E-state index < -0.39 is 7.92 Å². The summed E-state index contributed by atoms with van der Waals surface area (Å²) in [5, 5.41) is 1.75. The molecule has 3 aromatic carbocycles. The molecule has 0 amide bonds. The van der Waals surface area contributed by atoms with Crippen LogP contribution in [0.1, 0.15) is 69.8 Å². The average Bonchev–Trinajstić information content (AvgIpc) is 3.51. The zero-order chi connectivity index (χ0) is 30.6. The second-order valence-corrected chi connectivity index (χ2v) is 15.6. The second-order valence-electron chi connectivity index (χ2n) is 11.9. The van der Waals surface area contributed by atoms with Gasteiger partial charge in [-0.3, -0.25) is 0 Å². The Balaban J connectivity index is 0.000000188. The maximum atomic E-state index is 12.9. The molecule has 238 valence electrons. The molecule has 3 nitrogen and oxygen atoms in total. The van der Waals surface area contributed by atoms with Gasteiger partial charge in [-0.25, -0.2) is 0 Å². The molecule has 1 aliphatic heterocycles. The molecular formula is C35H46AuClFN2OPS. The van der Waals surface area contributed by atoms with Gasteiger partial charge in [0.05, 0.1) is 41.2 Å². The fraction of sp³-hybridized carbons (Fsp3) is 0.486. The van der Waals surface area contributed by atoms with Crippen LogP contribution in [0.25, 0.3) is 0 Å². The second kappa shape index (κ2) is 18.1. The molecule has 2 saturated carbocycles. The van der Waals surface area contributed by atoms with Crippen LogP contribution in [0, 0.1) is 6.07 Å². The maximum absolute atomic E-state index is 12.9. The van der Waals surface area contributed by atoms with Crippen molar-refractivity contribution in [2.75, 3.05) is 37.5 Å². The van der Waals surface area contributed by atoms with Gasteiger partial charge in [0.1, 0.15) is 11.1 Å². The van der Waals surface area contributed by atoms with E-state index >= 15 is 0 Å². The molecule has 0 bridgehead atoms. The van der Waals surface area contributed by atoms with Crippen molar-refractivity contribution >= 4 is 51.6 Å². The number of methoxy groups -OCH3 is 1. The minimum absolute atomic E-state index is 0.216. The summed E-state index contributed by atoms with van der Waals surface area (Å²) in [7, 11) is 10.1. The van der Waals surface area contributed by atoms with Crippen molar-refractivity contribution in [2.45, 2.75) is 86.8 Å². The van der Waals surface area contributed by atoms with Crippen LogP contribution in [0.3, 0.4) is 0 Å². The van der Waals surface area contributed by atoms with Crippen molar-refractivity contribution in [3.8, 4) is 5.75 Å². The number of benzene rings is 3. The third kappa shape index (κ3) is 8.96. The Morgan fingerprint density at radius 3 is 2.21 bits per heavy atom. The molecule has 0 N–H and O–H groups in total. The van der Waals surface area contributed by atoms with Gasteiger partial charge in [0.2, 0.25) is 0 Å². The molecule has 1 heterocycles. The van der Waals surface area contributed by atoms with Crippen molar-refractivity contribution in [3.05, 3.63) is 72.3 Å². The molecule has 43 heavy (non-hydrogen) atoms. The van der Waals surface area contributed by atoms with Crippen molar-refractivity contribution in [2.24, 2.45) is 0 Å². The molecule has 0 saturated heterocycles. The number of hydrogen-bond donors (Lipinski definition) is 0. The third-order valence-electron chi connectivity index (χ3n) is 9.15. The van der Waals surface area contributed by atoms with Gasteiger partial charge in [-0.15, -0.1) is 11.6 Å². The van der Waals surface area contributed by atoms with Crippen LogP contribution < -0.4 is 19.8 Å². The molecule has 8 heteroatoms. The van der Waals surface area contributed by atoms with Gasteiger partial charge in [0.15, 0.2) is 0 Å². The van der Waals surface area contributed by atoms with Crippen LogP contribution in [-0.2, 0) is 26.4 Å². The number of ether oxygens (including phenoxy) is 1. The first-order valence-corrected chi connectivity index (χ1v) is 20.6. The fourth-order valence-corrected chi connectivity index (χ4v) is 12.0. The molecule has 2 fully saturated rings. The Morgan fingerprint density at radius 2 is 1.60 bits per heavy atom. The fourth-order valence-electron chi connectivity index (χ4n) is 7.14. The molecule has 6 rings (SSSR count). The van der Waals surface area contributed by atoms with Crippen molar-refractivity contribution in [1.29, 1.82) is 0 Å². The minimum atomic E-state index is -0.439. The monoisotopic (exact) mass is 824 g/mol. The van der Waals surface area contributed by atoms with Gasteiger partial charge in [-0.2, -0.15) is 22.1 Å². The first-order chi connectivity index (χ1) is 21.1. The first kappa shape index (κ1) is 34.7. The summed E-state index contributed by atoms with van der Waals surface area (Å²) in [5.41, 5.74) is 7.02. The molecular weight excluding hydrogens is 779 g/mol. The summed E-state index contributed by atoms with van der Waals surface area (Å²) < 4.78 is 18.1. The average molecular weight is 825 g/mol. The van der Waals surface area contributed by atoms with Crippen molar-refractivity contribution in [1.82, 2.24) is 0 Å². The number of anilines is 3. The summed E-state index contributed by atoms with van der Waals surface area (Å²) in [4.78, 5) is 5.06. The summed E-state index contributed by atoms with van der Waals surface area (Å²) in [6.07, 6.45) is 15.9. The molecule has 3 aliphatic rings. The van der Waals surface area contributed by atoms with E-state index in [0.717, 1.165) is 30.0 Å². The van der Waals surface area contributed by atoms with E-state index in [4.69, 9.17) is 4.74 Å². The number of nitrogens with zero attached hydrogens (tertiary/aromatic N) is 2. The van der Waals surface area contributed by atoms with E-state index in [0.29, 0.717) is 10.6 Å². The number of rotatable bonds is 7. The predicted molar refractivity (Wildman–Crippen MR) is 184 cm³/mol. The standard InChI is InChI=1S/C20H32NP.C15H13FNOS.Au.ClH/c1-21(2)19-15-9-10-16-20(19)22(17-11-5-3-6-12-17)18-13-7-4-8-14-18;1-18-14-7-6-12(10-15(14)19-16)17-9-8-11-4-2-3-5-13(11)17;;/h9-10,15-18H,3-8,11-14H2,1-2H3;3-7,10H,8-9H2,1H3;;1H/q;-1;+1;. The number of fused-ring (bicyclic) bond motifs is 1. The molecule has 3 aromatic rings. The van der Waals surface area contributed by atoms with Crippen LogP contribution in [0.15, 0.2) is 65.6 Å². The van der Waals surface area contributed by atoms with Crippen LogP contribution >= 0.6 is 29.3 Å². The SMILES string of the molecule is CN(C)c1ccccc1[PH+](C1CCCCC1)C1CCCCC1.COc1ccc(N2CCc3c[c-]ccc32)cc1SF.[Cl][Au]. The first-order valence-electron chi connectivity index (χ1n) is 15.6. The molecule has 0 aromatic heterocycles. The summed E-state index contributed by atoms with van der Waals surface area (Å²) in [6, 6.07) is 24.0. The van der Waals surface area contributed by atoms with E-state index in [1.807, 2.05) is 30.3 Å². The summed E-state index contributed by atoms with van der Waals surface area (Å²) in [6.45, 7) is 0.913. The Morgan fingerprint density at radius 1 is 0.953 bits per heavy atom. The molecule has 0 radical (unpaired) electrons. The quantitative estimate of drug-likeness (QED) is 0.134. The topological polar surface area (TPSA) is 15.7 Å². The van der Waals surface area contributed by atoms with Gasteiger partial charge in [0.25, 0.3) is 0 Å². The van der Waals surface area contributed by atoms with Gasteiger partial charge in [-0.1, -0.05) is 37.1 Å². The normalized spacial score (nSPS) is 17.0.